The molecule has 0 bridgehead atoms. The third kappa shape index (κ3) is 2.95. The molecular formula is C15H20N2O2. The number of hydrogen-bond donors (Lipinski definition) is 1. The Morgan fingerprint density at radius 1 is 1.21 bits per heavy atom. The van der Waals surface area contributed by atoms with E-state index in [9.17, 15) is 9.59 Å². The first kappa shape index (κ1) is 13.6. The van der Waals surface area contributed by atoms with E-state index in [0.717, 1.165) is 11.3 Å². The lowest BCUT2D eigenvalue weighted by Crippen LogP contribution is -2.47. The van der Waals surface area contributed by atoms with Crippen LogP contribution in [0.25, 0.3) is 0 Å². The van der Waals surface area contributed by atoms with Crippen LogP contribution in [0, 0.1) is 12.8 Å². The van der Waals surface area contributed by atoms with E-state index in [2.05, 4.69) is 5.32 Å². The SMILES string of the molecule is Cc1ccc(N2CCC(=O)NC(C(C)C)C2=O)cc1. The summed E-state index contributed by atoms with van der Waals surface area (Å²) in [5.41, 5.74) is 2.01. The second-order valence-electron chi connectivity index (χ2n) is 5.36. The molecule has 1 atom stereocenters. The van der Waals surface area contributed by atoms with Gasteiger partial charge < -0.3 is 10.2 Å². The number of aryl methyl sites for hydroxylation is 1. The zero-order valence-electron chi connectivity index (χ0n) is 11.6. The molecule has 0 saturated carbocycles. The van der Waals surface area contributed by atoms with Gasteiger partial charge in [0.2, 0.25) is 11.8 Å². The van der Waals surface area contributed by atoms with Crippen LogP contribution < -0.4 is 10.2 Å². The fourth-order valence-corrected chi connectivity index (χ4v) is 2.23. The van der Waals surface area contributed by atoms with E-state index >= 15 is 0 Å². The summed E-state index contributed by atoms with van der Waals surface area (Å²) in [5.74, 6) is 0.00821. The first-order valence-corrected chi connectivity index (χ1v) is 6.66. The summed E-state index contributed by atoms with van der Waals surface area (Å²) in [6.45, 7) is 6.34. The highest BCUT2D eigenvalue weighted by atomic mass is 16.2. The number of anilines is 1. The number of nitrogens with one attached hydrogen (secondary N) is 1. The van der Waals surface area contributed by atoms with Crippen molar-refractivity contribution in [3.05, 3.63) is 29.8 Å². The molecule has 0 radical (unpaired) electrons. The summed E-state index contributed by atoms with van der Waals surface area (Å²) in [6.07, 6.45) is 0.350. The van der Waals surface area contributed by atoms with Crippen molar-refractivity contribution in [2.24, 2.45) is 5.92 Å². The Bertz CT molecular complexity index is 479. The molecule has 2 rings (SSSR count). The standard InChI is InChI=1S/C15H20N2O2/c1-10(2)14-15(19)17(9-8-13(18)16-14)12-6-4-11(3)5-7-12/h4-7,10,14H,8-9H2,1-3H3,(H,16,18). The van der Waals surface area contributed by atoms with Gasteiger partial charge in [0, 0.05) is 18.7 Å². The van der Waals surface area contributed by atoms with Crippen molar-refractivity contribution >= 4 is 17.5 Å². The number of benzene rings is 1. The molecule has 4 heteroatoms. The van der Waals surface area contributed by atoms with Gasteiger partial charge in [-0.3, -0.25) is 9.59 Å². The summed E-state index contributed by atoms with van der Waals surface area (Å²) in [5, 5.41) is 2.81. The number of amides is 2. The quantitative estimate of drug-likeness (QED) is 0.882. The molecule has 1 saturated heterocycles. The summed E-state index contributed by atoms with van der Waals surface area (Å²) >= 11 is 0. The van der Waals surface area contributed by atoms with Crippen LogP contribution in [0.2, 0.25) is 0 Å². The molecule has 1 aliphatic heterocycles. The van der Waals surface area contributed by atoms with Gasteiger partial charge >= 0.3 is 0 Å². The van der Waals surface area contributed by atoms with Gasteiger partial charge in [-0.05, 0) is 25.0 Å². The highest BCUT2D eigenvalue weighted by Crippen LogP contribution is 2.20. The second kappa shape index (κ2) is 5.43. The average Bonchev–Trinajstić information content (AvgIpc) is 2.51. The van der Waals surface area contributed by atoms with E-state index in [0.29, 0.717) is 13.0 Å². The van der Waals surface area contributed by atoms with E-state index in [1.165, 1.54) is 0 Å². The third-order valence-corrected chi connectivity index (χ3v) is 3.42. The molecule has 0 aromatic heterocycles. The van der Waals surface area contributed by atoms with Crippen molar-refractivity contribution < 1.29 is 9.59 Å². The molecule has 1 unspecified atom stereocenters. The number of nitrogens with zero attached hydrogens (tertiary/aromatic N) is 1. The van der Waals surface area contributed by atoms with Crippen LogP contribution in [0.3, 0.4) is 0 Å². The zero-order chi connectivity index (χ0) is 14.0. The lowest BCUT2D eigenvalue weighted by Gasteiger charge is -2.26. The van der Waals surface area contributed by atoms with Crippen molar-refractivity contribution in [3.8, 4) is 0 Å². The monoisotopic (exact) mass is 260 g/mol. The van der Waals surface area contributed by atoms with Gasteiger partial charge in [-0.15, -0.1) is 0 Å². The molecule has 0 aliphatic carbocycles. The first-order chi connectivity index (χ1) is 8.99. The van der Waals surface area contributed by atoms with Gasteiger partial charge in [0.25, 0.3) is 0 Å². The van der Waals surface area contributed by atoms with Crippen molar-refractivity contribution in [2.45, 2.75) is 33.2 Å². The van der Waals surface area contributed by atoms with Gasteiger partial charge in [-0.1, -0.05) is 31.5 Å². The molecule has 4 nitrogen and oxygen atoms in total. The average molecular weight is 260 g/mol. The Hall–Kier alpha value is -1.84. The van der Waals surface area contributed by atoms with Crippen molar-refractivity contribution in [1.29, 1.82) is 0 Å². The molecule has 1 aromatic carbocycles. The Morgan fingerprint density at radius 2 is 1.84 bits per heavy atom. The van der Waals surface area contributed by atoms with E-state index in [-0.39, 0.29) is 17.7 Å². The molecule has 19 heavy (non-hydrogen) atoms. The van der Waals surface area contributed by atoms with E-state index in [1.807, 2.05) is 45.0 Å². The smallest absolute Gasteiger partial charge is 0.249 e. The Kier molecular flexibility index (Phi) is 3.88. The maximum absolute atomic E-state index is 12.5. The summed E-state index contributed by atoms with van der Waals surface area (Å²) in [6, 6.07) is 7.39. The predicted octanol–water partition coefficient (Wildman–Crippen LogP) is 1.87. The van der Waals surface area contributed by atoms with Gasteiger partial charge in [-0.2, -0.15) is 0 Å². The molecule has 1 fully saturated rings. The number of carbonyl (C=O) groups is 2. The Morgan fingerprint density at radius 3 is 2.42 bits per heavy atom. The Balaban J connectivity index is 2.30. The highest BCUT2D eigenvalue weighted by molar-refractivity contribution is 6.01. The largest absolute Gasteiger partial charge is 0.344 e. The lowest BCUT2D eigenvalue weighted by atomic mass is 10.0. The molecule has 1 heterocycles. The van der Waals surface area contributed by atoms with E-state index in [1.54, 1.807) is 4.90 Å². The lowest BCUT2D eigenvalue weighted by molar-refractivity contribution is -0.126. The topological polar surface area (TPSA) is 49.4 Å². The van der Waals surface area contributed by atoms with Crippen LogP contribution in [0.15, 0.2) is 24.3 Å². The molecule has 2 amide bonds. The third-order valence-electron chi connectivity index (χ3n) is 3.42. The maximum Gasteiger partial charge on any atom is 0.249 e. The zero-order valence-corrected chi connectivity index (χ0v) is 11.6. The van der Waals surface area contributed by atoms with Crippen LogP contribution in [-0.4, -0.2) is 24.4 Å². The van der Waals surface area contributed by atoms with Gasteiger partial charge in [0.15, 0.2) is 0 Å². The number of hydrogen-bond acceptors (Lipinski definition) is 2. The van der Waals surface area contributed by atoms with Crippen molar-refractivity contribution in [1.82, 2.24) is 5.32 Å². The molecular weight excluding hydrogens is 240 g/mol. The fourth-order valence-electron chi connectivity index (χ4n) is 2.23. The van der Waals surface area contributed by atoms with E-state index < -0.39 is 6.04 Å². The van der Waals surface area contributed by atoms with E-state index in [4.69, 9.17) is 0 Å². The van der Waals surface area contributed by atoms with Crippen LogP contribution in [0.4, 0.5) is 5.69 Å². The fraction of sp³-hybridized carbons (Fsp3) is 0.467. The molecule has 0 spiro atoms. The number of carbonyl (C=O) groups excluding carboxylic acids is 2. The van der Waals surface area contributed by atoms with Crippen LogP contribution >= 0.6 is 0 Å². The highest BCUT2D eigenvalue weighted by Gasteiger charge is 2.32. The molecule has 1 aromatic rings. The molecule has 102 valence electrons. The van der Waals surface area contributed by atoms with Crippen molar-refractivity contribution in [3.63, 3.8) is 0 Å². The summed E-state index contributed by atoms with van der Waals surface area (Å²) in [7, 11) is 0. The van der Waals surface area contributed by atoms with Crippen LogP contribution in [-0.2, 0) is 9.59 Å². The predicted molar refractivity (Wildman–Crippen MR) is 74.9 cm³/mol. The van der Waals surface area contributed by atoms with Crippen molar-refractivity contribution in [2.75, 3.05) is 11.4 Å². The minimum Gasteiger partial charge on any atom is -0.344 e. The first-order valence-electron chi connectivity index (χ1n) is 6.66. The minimum atomic E-state index is -0.434. The number of rotatable bonds is 2. The van der Waals surface area contributed by atoms with Crippen LogP contribution in [0.1, 0.15) is 25.8 Å². The molecule has 1 N–H and O–H groups in total. The van der Waals surface area contributed by atoms with Gasteiger partial charge in [-0.25, -0.2) is 0 Å². The molecule has 1 aliphatic rings. The maximum atomic E-state index is 12.5. The summed E-state index contributed by atoms with van der Waals surface area (Å²) in [4.78, 5) is 25.9. The summed E-state index contributed by atoms with van der Waals surface area (Å²) < 4.78 is 0. The Labute approximate surface area is 113 Å². The van der Waals surface area contributed by atoms with Crippen LogP contribution in [0.5, 0.6) is 0 Å². The van der Waals surface area contributed by atoms with Gasteiger partial charge in [0.1, 0.15) is 6.04 Å². The normalized spacial score (nSPS) is 20.4. The minimum absolute atomic E-state index is 0.0234. The van der Waals surface area contributed by atoms with Gasteiger partial charge in [0.05, 0.1) is 0 Å². The second-order valence-corrected chi connectivity index (χ2v) is 5.36.